The fourth-order valence-electron chi connectivity index (χ4n) is 10.1. The lowest BCUT2D eigenvalue weighted by Gasteiger charge is -2.37. The van der Waals surface area contributed by atoms with E-state index in [0.29, 0.717) is 43.8 Å². The van der Waals surface area contributed by atoms with Crippen molar-refractivity contribution < 1.29 is 28.6 Å². The Morgan fingerprint density at radius 1 is 0.585 bits per heavy atom. The van der Waals surface area contributed by atoms with Crippen LogP contribution in [0.4, 0.5) is 0 Å². The third-order valence-corrected chi connectivity index (χ3v) is 12.9. The molecule has 7 nitrogen and oxygen atoms in total. The molecule has 0 spiro atoms. The summed E-state index contributed by atoms with van der Waals surface area (Å²) < 4.78 is 17.4. The van der Waals surface area contributed by atoms with E-state index >= 15 is 0 Å². The molecule has 4 rings (SSSR count). The Bertz CT molecular complexity index is 969. The number of hydrogen-bond donors (Lipinski definition) is 0. The molecule has 4 fully saturated rings. The molecule has 0 radical (unpaired) electrons. The van der Waals surface area contributed by atoms with Crippen molar-refractivity contribution in [2.75, 3.05) is 33.9 Å². The number of rotatable bonds is 34. The van der Waals surface area contributed by atoms with Gasteiger partial charge in [0.15, 0.2) is 0 Å². The SMILES string of the molecule is CCCCCC(CCCCC)CCOC(=O)CCCCCCCC(CCCCCCCC(=O)OCC12CC3CC(C1)C(C3)C2)OC(=O)CCCN(C)C. The molecular weight excluding hydrogens is 663 g/mol. The highest BCUT2D eigenvalue weighted by molar-refractivity contribution is 5.70. The van der Waals surface area contributed by atoms with Crippen LogP contribution in [0.5, 0.6) is 0 Å². The maximum absolute atomic E-state index is 12.6. The van der Waals surface area contributed by atoms with Crippen LogP contribution < -0.4 is 0 Å². The first kappa shape index (κ1) is 45.8. The third kappa shape index (κ3) is 19.7. The first-order chi connectivity index (χ1) is 25.7. The van der Waals surface area contributed by atoms with Gasteiger partial charge in [0.05, 0.1) is 13.2 Å². The van der Waals surface area contributed by atoms with E-state index in [9.17, 15) is 14.4 Å². The Labute approximate surface area is 326 Å². The van der Waals surface area contributed by atoms with Crippen molar-refractivity contribution in [3.8, 4) is 0 Å². The van der Waals surface area contributed by atoms with Gasteiger partial charge in [-0.1, -0.05) is 104 Å². The van der Waals surface area contributed by atoms with Crippen molar-refractivity contribution in [1.82, 2.24) is 4.90 Å². The second kappa shape index (κ2) is 27.0. The molecule has 4 aliphatic rings. The van der Waals surface area contributed by atoms with Gasteiger partial charge in [0.1, 0.15) is 6.10 Å². The number of nitrogens with zero attached hydrogens (tertiary/aromatic N) is 1. The molecular formula is C46H83NO6. The Morgan fingerprint density at radius 3 is 1.64 bits per heavy atom. The van der Waals surface area contributed by atoms with Crippen molar-refractivity contribution in [2.45, 2.75) is 213 Å². The maximum atomic E-state index is 12.6. The monoisotopic (exact) mass is 746 g/mol. The Kier molecular flexibility index (Phi) is 23.4. The van der Waals surface area contributed by atoms with E-state index in [1.165, 1.54) is 83.5 Å². The summed E-state index contributed by atoms with van der Waals surface area (Å²) in [5.74, 6) is 3.32. The summed E-state index contributed by atoms with van der Waals surface area (Å²) in [6, 6.07) is 0. The van der Waals surface area contributed by atoms with Crippen LogP contribution in [0.1, 0.15) is 206 Å². The summed E-state index contributed by atoms with van der Waals surface area (Å²) in [7, 11) is 4.06. The van der Waals surface area contributed by atoms with Crippen LogP contribution in [-0.2, 0) is 28.6 Å². The van der Waals surface area contributed by atoms with Gasteiger partial charge < -0.3 is 19.1 Å². The lowest BCUT2D eigenvalue weighted by atomic mass is 9.70. The van der Waals surface area contributed by atoms with E-state index < -0.39 is 0 Å². The lowest BCUT2D eigenvalue weighted by Crippen LogP contribution is -2.32. The molecule has 0 aromatic rings. The van der Waals surface area contributed by atoms with E-state index in [1.54, 1.807) is 0 Å². The molecule has 0 aromatic carbocycles. The number of carbonyl (C=O) groups excluding carboxylic acids is 3. The van der Waals surface area contributed by atoms with Gasteiger partial charge in [-0.25, -0.2) is 0 Å². The Hall–Kier alpha value is -1.63. The zero-order valence-electron chi connectivity index (χ0n) is 35.1. The molecule has 0 heterocycles. The van der Waals surface area contributed by atoms with Crippen LogP contribution in [0.3, 0.4) is 0 Å². The molecule has 53 heavy (non-hydrogen) atoms. The first-order valence-corrected chi connectivity index (χ1v) is 22.9. The van der Waals surface area contributed by atoms with Crippen molar-refractivity contribution in [2.24, 2.45) is 29.1 Å². The van der Waals surface area contributed by atoms with Crippen LogP contribution in [0.15, 0.2) is 0 Å². The third-order valence-electron chi connectivity index (χ3n) is 12.9. The molecule has 0 aliphatic heterocycles. The van der Waals surface area contributed by atoms with Gasteiger partial charge in [0.2, 0.25) is 0 Å². The number of unbranched alkanes of at least 4 members (excludes halogenated alkanes) is 12. The standard InChI is InChI=1S/C46H83NO6/c1-5-7-15-22-38(23-16-8-6-2)29-31-51-43(48)26-19-13-9-11-17-24-42(53-45(50)28-21-30-47(3)4)25-18-12-10-14-20-27-44(49)52-37-46-34-39-32-40(35-46)41(33-39)36-46/h38-42H,5-37H2,1-4H3. The fourth-order valence-corrected chi connectivity index (χ4v) is 10.1. The highest BCUT2D eigenvalue weighted by Gasteiger charge is 2.56. The first-order valence-electron chi connectivity index (χ1n) is 22.9. The van der Waals surface area contributed by atoms with Crippen molar-refractivity contribution in [3.63, 3.8) is 0 Å². The summed E-state index contributed by atoms with van der Waals surface area (Å²) in [4.78, 5) is 39.6. The molecule has 0 N–H and O–H groups in total. The summed E-state index contributed by atoms with van der Waals surface area (Å²) in [6.45, 7) is 6.64. The predicted molar refractivity (Wildman–Crippen MR) is 217 cm³/mol. The van der Waals surface area contributed by atoms with Crippen molar-refractivity contribution in [3.05, 3.63) is 0 Å². The van der Waals surface area contributed by atoms with Crippen LogP contribution in [0, 0.1) is 29.1 Å². The van der Waals surface area contributed by atoms with Gasteiger partial charge in [-0.2, -0.15) is 0 Å². The largest absolute Gasteiger partial charge is 0.466 e. The summed E-state index contributed by atoms with van der Waals surface area (Å²) >= 11 is 0. The molecule has 0 amide bonds. The summed E-state index contributed by atoms with van der Waals surface area (Å²) in [5, 5.41) is 0. The lowest BCUT2D eigenvalue weighted by molar-refractivity contribution is -0.150. The van der Waals surface area contributed by atoms with Crippen LogP contribution in [-0.4, -0.2) is 62.8 Å². The molecule has 4 saturated carbocycles. The van der Waals surface area contributed by atoms with E-state index in [0.717, 1.165) is 114 Å². The molecule has 0 aromatic heterocycles. The Balaban J connectivity index is 1.21. The Morgan fingerprint density at radius 2 is 1.09 bits per heavy atom. The number of carbonyl (C=O) groups is 3. The second-order valence-electron chi connectivity index (χ2n) is 18.1. The van der Waals surface area contributed by atoms with E-state index in [-0.39, 0.29) is 24.0 Å². The summed E-state index contributed by atoms with van der Waals surface area (Å²) in [5.41, 5.74) is 0.318. The smallest absolute Gasteiger partial charge is 0.306 e. The molecule has 308 valence electrons. The molecule has 0 saturated heterocycles. The van der Waals surface area contributed by atoms with Crippen LogP contribution in [0.25, 0.3) is 0 Å². The van der Waals surface area contributed by atoms with Gasteiger partial charge in [0.25, 0.3) is 0 Å². The van der Waals surface area contributed by atoms with Crippen molar-refractivity contribution in [1.29, 1.82) is 0 Å². The highest BCUT2D eigenvalue weighted by Crippen LogP contribution is 2.64. The van der Waals surface area contributed by atoms with Crippen LogP contribution in [0.2, 0.25) is 0 Å². The topological polar surface area (TPSA) is 82.1 Å². The van der Waals surface area contributed by atoms with E-state index in [2.05, 4.69) is 18.7 Å². The molecule has 3 unspecified atom stereocenters. The molecule has 7 heteroatoms. The minimum atomic E-state index is -0.0694. The number of ether oxygens (including phenoxy) is 3. The zero-order valence-corrected chi connectivity index (χ0v) is 35.1. The van der Waals surface area contributed by atoms with Gasteiger partial charge in [-0.05, 0) is 128 Å². The number of hydrogen-bond acceptors (Lipinski definition) is 7. The zero-order chi connectivity index (χ0) is 38.2. The quantitative estimate of drug-likeness (QED) is 0.0368. The second-order valence-corrected chi connectivity index (χ2v) is 18.1. The number of esters is 3. The van der Waals surface area contributed by atoms with Gasteiger partial charge in [0, 0.05) is 24.7 Å². The van der Waals surface area contributed by atoms with E-state index in [1.807, 2.05) is 14.1 Å². The summed E-state index contributed by atoms with van der Waals surface area (Å²) in [6.07, 6.45) is 32.5. The van der Waals surface area contributed by atoms with Crippen molar-refractivity contribution >= 4 is 17.9 Å². The molecule has 3 atom stereocenters. The predicted octanol–water partition coefficient (Wildman–Crippen LogP) is 11.8. The average molecular weight is 746 g/mol. The normalized spacial score (nSPS) is 22.2. The van der Waals surface area contributed by atoms with Gasteiger partial charge >= 0.3 is 17.9 Å². The van der Waals surface area contributed by atoms with Gasteiger partial charge in [-0.3, -0.25) is 14.4 Å². The minimum Gasteiger partial charge on any atom is -0.466 e. The van der Waals surface area contributed by atoms with Crippen LogP contribution >= 0.6 is 0 Å². The molecule has 4 aliphatic carbocycles. The average Bonchev–Trinajstić information content (AvgIpc) is 3.54. The maximum Gasteiger partial charge on any atom is 0.306 e. The fraction of sp³-hybridized carbons (Fsp3) is 0.935. The van der Waals surface area contributed by atoms with Gasteiger partial charge in [-0.15, -0.1) is 0 Å². The van der Waals surface area contributed by atoms with E-state index in [4.69, 9.17) is 14.2 Å². The highest BCUT2D eigenvalue weighted by atomic mass is 16.5. The molecule has 4 bridgehead atoms. The minimum absolute atomic E-state index is 0.00191.